The third kappa shape index (κ3) is 4.56. The van der Waals surface area contributed by atoms with E-state index in [1.807, 2.05) is 19.1 Å². The van der Waals surface area contributed by atoms with Crippen LogP contribution in [-0.4, -0.2) is 60.4 Å². The molecule has 0 radical (unpaired) electrons. The number of carbonyl (C=O) groups is 2. The first-order valence-electron chi connectivity index (χ1n) is 11.6. The van der Waals surface area contributed by atoms with E-state index in [4.69, 9.17) is 11.2 Å². The van der Waals surface area contributed by atoms with Gasteiger partial charge in [-0.05, 0) is 75.6 Å². The van der Waals surface area contributed by atoms with Crippen LogP contribution in [0.4, 0.5) is 16.2 Å². The smallest absolute Gasteiger partial charge is 0.412 e. The molecule has 1 aromatic carbocycles. The highest BCUT2D eigenvalue weighted by Gasteiger charge is 2.50. The fourth-order valence-corrected chi connectivity index (χ4v) is 5.53. The molecule has 1 saturated carbocycles. The quantitative estimate of drug-likeness (QED) is 0.704. The number of aliphatic hydroxyl groups excluding tert-OH is 1. The summed E-state index contributed by atoms with van der Waals surface area (Å²) in [5, 5.41) is 12.5. The second-order valence-electron chi connectivity index (χ2n) is 9.42. The maximum atomic E-state index is 13.5. The number of hydrogen-bond acceptors (Lipinski definition) is 5. The van der Waals surface area contributed by atoms with Gasteiger partial charge in [-0.15, -0.1) is 6.42 Å². The van der Waals surface area contributed by atoms with Gasteiger partial charge in [-0.25, -0.2) is 4.79 Å². The van der Waals surface area contributed by atoms with E-state index in [9.17, 15) is 14.7 Å². The molecule has 2 amide bonds. The normalized spacial score (nSPS) is 28.0. The number of hydrogen-bond donors (Lipinski definition) is 2. The summed E-state index contributed by atoms with van der Waals surface area (Å²) in [6, 6.07) is 6.19. The molecule has 1 spiro atoms. The van der Waals surface area contributed by atoms with Gasteiger partial charge < -0.3 is 19.6 Å². The van der Waals surface area contributed by atoms with Crippen LogP contribution in [-0.2, 0) is 9.53 Å². The van der Waals surface area contributed by atoms with Crippen LogP contribution in [0.2, 0.25) is 0 Å². The van der Waals surface area contributed by atoms with Gasteiger partial charge in [0.25, 0.3) is 0 Å². The summed E-state index contributed by atoms with van der Waals surface area (Å²) in [5.41, 5.74) is 2.37. The molecule has 2 N–H and O–H groups in total. The van der Waals surface area contributed by atoms with Crippen LogP contribution in [0.5, 0.6) is 0 Å². The molecule has 32 heavy (non-hydrogen) atoms. The molecule has 1 aliphatic carbocycles. The standard InChI is InChI=1S/C25H33N3O4/c1-3-15-32-24(31)26-22-10-7-20(16-18(22)2)27-13-4-11-25(17-27)12-14-28(23(25)30)19-5-8-21(29)9-6-19/h1,7,10,16,19,21,29H,4-6,8-9,11-15,17H2,2H3,(H,26,31)/t19?,21?,25-/m0/s1. The molecule has 1 atom stereocenters. The van der Waals surface area contributed by atoms with E-state index in [0.717, 1.165) is 75.8 Å². The Balaban J connectivity index is 1.43. The van der Waals surface area contributed by atoms with Crippen molar-refractivity contribution in [1.82, 2.24) is 4.90 Å². The number of piperidine rings is 1. The van der Waals surface area contributed by atoms with Crippen molar-refractivity contribution >= 4 is 23.4 Å². The maximum absolute atomic E-state index is 13.5. The summed E-state index contributed by atoms with van der Waals surface area (Å²) in [5.74, 6) is 2.57. The molecule has 4 rings (SSSR count). The summed E-state index contributed by atoms with van der Waals surface area (Å²) >= 11 is 0. The van der Waals surface area contributed by atoms with E-state index in [2.05, 4.69) is 27.1 Å². The topological polar surface area (TPSA) is 82.1 Å². The summed E-state index contributed by atoms with van der Waals surface area (Å²) in [6.45, 7) is 4.36. The molecule has 7 heteroatoms. The van der Waals surface area contributed by atoms with Gasteiger partial charge in [0.05, 0.1) is 11.5 Å². The number of carbonyl (C=O) groups excluding carboxylic acids is 2. The number of likely N-dealkylation sites (tertiary alicyclic amines) is 1. The molecule has 0 bridgehead atoms. The summed E-state index contributed by atoms with van der Waals surface area (Å²) in [7, 11) is 0. The van der Waals surface area contributed by atoms with E-state index < -0.39 is 6.09 Å². The maximum Gasteiger partial charge on any atom is 0.412 e. The van der Waals surface area contributed by atoms with Crippen molar-refractivity contribution in [2.24, 2.45) is 5.41 Å². The van der Waals surface area contributed by atoms with Crippen molar-refractivity contribution in [1.29, 1.82) is 0 Å². The van der Waals surface area contributed by atoms with E-state index in [1.54, 1.807) is 0 Å². The zero-order valence-electron chi connectivity index (χ0n) is 18.8. The SMILES string of the molecule is C#CCOC(=O)Nc1ccc(N2CCC[C@]3(CCN(C4CCC(O)CC4)C3=O)C2)cc1C. The predicted molar refractivity (Wildman–Crippen MR) is 123 cm³/mol. The minimum absolute atomic E-state index is 0.0642. The van der Waals surface area contributed by atoms with Gasteiger partial charge in [-0.3, -0.25) is 10.1 Å². The first kappa shape index (κ1) is 22.5. The molecule has 2 aliphatic heterocycles. The number of terminal acetylenes is 1. The molecule has 0 unspecified atom stereocenters. The summed E-state index contributed by atoms with van der Waals surface area (Å²) in [4.78, 5) is 29.7. The Morgan fingerprint density at radius 3 is 2.78 bits per heavy atom. The minimum atomic E-state index is -0.567. The Bertz CT molecular complexity index is 903. The lowest BCUT2D eigenvalue weighted by Gasteiger charge is -2.41. The third-order valence-electron chi connectivity index (χ3n) is 7.33. The molecule has 2 heterocycles. The first-order chi connectivity index (χ1) is 15.4. The van der Waals surface area contributed by atoms with E-state index >= 15 is 0 Å². The fraction of sp³-hybridized carbons (Fsp3) is 0.600. The van der Waals surface area contributed by atoms with Crippen molar-refractivity contribution in [3.8, 4) is 12.3 Å². The van der Waals surface area contributed by atoms with Gasteiger partial charge in [0.1, 0.15) is 0 Å². The van der Waals surface area contributed by atoms with Gasteiger partial charge >= 0.3 is 6.09 Å². The van der Waals surface area contributed by atoms with Crippen molar-refractivity contribution in [2.75, 3.05) is 36.5 Å². The number of ether oxygens (including phenoxy) is 1. The fourth-order valence-electron chi connectivity index (χ4n) is 5.53. The van der Waals surface area contributed by atoms with E-state index in [-0.39, 0.29) is 24.2 Å². The molecule has 2 saturated heterocycles. The van der Waals surface area contributed by atoms with Gasteiger partial charge in [-0.1, -0.05) is 5.92 Å². The molecular formula is C25H33N3O4. The Morgan fingerprint density at radius 1 is 1.28 bits per heavy atom. The summed E-state index contributed by atoms with van der Waals surface area (Å²) < 4.78 is 4.89. The Kier molecular flexibility index (Phi) is 6.61. The Labute approximate surface area is 190 Å². The monoisotopic (exact) mass is 439 g/mol. The molecule has 1 aromatic rings. The van der Waals surface area contributed by atoms with Crippen LogP contribution in [0.1, 0.15) is 50.5 Å². The van der Waals surface area contributed by atoms with Crippen LogP contribution in [0.15, 0.2) is 18.2 Å². The lowest BCUT2D eigenvalue weighted by atomic mass is 9.78. The number of nitrogens with zero attached hydrogens (tertiary/aromatic N) is 2. The van der Waals surface area contributed by atoms with Crippen molar-refractivity contribution in [3.63, 3.8) is 0 Å². The van der Waals surface area contributed by atoms with Gasteiger partial charge in [-0.2, -0.15) is 0 Å². The molecule has 3 aliphatic rings. The second-order valence-corrected chi connectivity index (χ2v) is 9.42. The van der Waals surface area contributed by atoms with E-state index in [0.29, 0.717) is 11.6 Å². The van der Waals surface area contributed by atoms with Crippen LogP contribution in [0.25, 0.3) is 0 Å². The Morgan fingerprint density at radius 2 is 2.06 bits per heavy atom. The molecule has 0 aromatic heterocycles. The predicted octanol–water partition coefficient (Wildman–Crippen LogP) is 3.30. The highest BCUT2D eigenvalue weighted by Crippen LogP contribution is 2.43. The number of benzene rings is 1. The van der Waals surface area contributed by atoms with Gasteiger partial charge in [0, 0.05) is 37.1 Å². The highest BCUT2D eigenvalue weighted by molar-refractivity contribution is 5.87. The first-order valence-corrected chi connectivity index (χ1v) is 11.6. The zero-order chi connectivity index (χ0) is 22.7. The molecular weight excluding hydrogens is 406 g/mol. The molecule has 3 fully saturated rings. The average Bonchev–Trinajstić information content (AvgIpc) is 3.09. The Hall–Kier alpha value is -2.72. The number of rotatable bonds is 4. The number of aliphatic hydroxyl groups is 1. The van der Waals surface area contributed by atoms with Crippen LogP contribution in [0.3, 0.4) is 0 Å². The van der Waals surface area contributed by atoms with Crippen molar-refractivity contribution in [2.45, 2.75) is 64.0 Å². The number of aryl methyl sites for hydroxylation is 1. The van der Waals surface area contributed by atoms with Crippen LogP contribution >= 0.6 is 0 Å². The third-order valence-corrected chi connectivity index (χ3v) is 7.33. The van der Waals surface area contributed by atoms with Crippen molar-refractivity contribution < 1.29 is 19.4 Å². The van der Waals surface area contributed by atoms with Crippen LogP contribution < -0.4 is 10.2 Å². The molecule has 7 nitrogen and oxygen atoms in total. The van der Waals surface area contributed by atoms with Crippen molar-refractivity contribution in [3.05, 3.63) is 23.8 Å². The minimum Gasteiger partial charge on any atom is -0.436 e. The zero-order valence-corrected chi connectivity index (χ0v) is 18.8. The second kappa shape index (κ2) is 9.41. The number of amides is 2. The number of anilines is 2. The van der Waals surface area contributed by atoms with Gasteiger partial charge in [0.2, 0.25) is 5.91 Å². The largest absolute Gasteiger partial charge is 0.436 e. The lowest BCUT2D eigenvalue weighted by molar-refractivity contribution is -0.139. The lowest BCUT2D eigenvalue weighted by Crippen LogP contribution is -2.50. The molecule has 172 valence electrons. The number of nitrogens with one attached hydrogen (secondary N) is 1. The average molecular weight is 440 g/mol. The van der Waals surface area contributed by atoms with E-state index in [1.165, 1.54) is 0 Å². The van der Waals surface area contributed by atoms with Crippen LogP contribution in [0, 0.1) is 24.7 Å². The summed E-state index contributed by atoms with van der Waals surface area (Å²) in [6.07, 6.45) is 10.6. The van der Waals surface area contributed by atoms with Gasteiger partial charge in [0.15, 0.2) is 6.61 Å². The highest BCUT2D eigenvalue weighted by atomic mass is 16.5.